The third kappa shape index (κ3) is 2.88. The lowest BCUT2D eigenvalue weighted by molar-refractivity contribution is 0.246. The fourth-order valence-corrected chi connectivity index (χ4v) is 4.00. The van der Waals surface area contributed by atoms with Crippen LogP contribution in [0.2, 0.25) is 0 Å². The number of aromatic nitrogens is 3. The van der Waals surface area contributed by atoms with Gasteiger partial charge in [-0.3, -0.25) is 0 Å². The van der Waals surface area contributed by atoms with E-state index in [1.807, 2.05) is 11.6 Å². The SMILES string of the molecule is CC(NC1CCCC1C1CCCCN1)c1nncn1C. The van der Waals surface area contributed by atoms with Crippen LogP contribution in [0.25, 0.3) is 0 Å². The lowest BCUT2D eigenvalue weighted by Crippen LogP contribution is -2.47. The third-order valence-electron chi connectivity index (χ3n) is 5.03. The predicted molar refractivity (Wildman–Crippen MR) is 79.3 cm³/mol. The highest BCUT2D eigenvalue weighted by Crippen LogP contribution is 2.32. The number of hydrogen-bond donors (Lipinski definition) is 2. The van der Waals surface area contributed by atoms with E-state index in [-0.39, 0.29) is 6.04 Å². The number of nitrogens with one attached hydrogen (secondary N) is 2. The van der Waals surface area contributed by atoms with Gasteiger partial charge in [-0.15, -0.1) is 10.2 Å². The van der Waals surface area contributed by atoms with E-state index in [4.69, 9.17) is 0 Å². The van der Waals surface area contributed by atoms with Crippen molar-refractivity contribution in [3.63, 3.8) is 0 Å². The first-order chi connectivity index (χ1) is 9.75. The molecular formula is C15H27N5. The van der Waals surface area contributed by atoms with E-state index in [1.165, 1.54) is 45.1 Å². The monoisotopic (exact) mass is 277 g/mol. The van der Waals surface area contributed by atoms with E-state index in [0.717, 1.165) is 17.8 Å². The van der Waals surface area contributed by atoms with E-state index in [0.29, 0.717) is 6.04 Å². The van der Waals surface area contributed by atoms with Gasteiger partial charge in [0.2, 0.25) is 0 Å². The molecule has 0 amide bonds. The first-order valence-corrected chi connectivity index (χ1v) is 8.09. The van der Waals surface area contributed by atoms with Crippen molar-refractivity contribution in [1.29, 1.82) is 0 Å². The second-order valence-electron chi connectivity index (χ2n) is 6.45. The highest BCUT2D eigenvalue weighted by atomic mass is 15.3. The molecule has 1 aromatic heterocycles. The first kappa shape index (κ1) is 14.0. The van der Waals surface area contributed by atoms with Crippen LogP contribution in [0, 0.1) is 5.92 Å². The van der Waals surface area contributed by atoms with Crippen molar-refractivity contribution >= 4 is 0 Å². The highest BCUT2D eigenvalue weighted by molar-refractivity contribution is 4.98. The number of piperidine rings is 1. The van der Waals surface area contributed by atoms with Gasteiger partial charge in [0, 0.05) is 19.1 Å². The summed E-state index contributed by atoms with van der Waals surface area (Å²) in [4.78, 5) is 0. The van der Waals surface area contributed by atoms with E-state index in [1.54, 1.807) is 6.33 Å². The Morgan fingerprint density at radius 2 is 2.20 bits per heavy atom. The molecule has 2 heterocycles. The normalized spacial score (nSPS) is 32.4. The second kappa shape index (κ2) is 6.22. The lowest BCUT2D eigenvalue weighted by Gasteiger charge is -2.34. The van der Waals surface area contributed by atoms with Crippen LogP contribution in [0.15, 0.2) is 6.33 Å². The molecule has 2 aliphatic rings. The fraction of sp³-hybridized carbons (Fsp3) is 0.867. The summed E-state index contributed by atoms with van der Waals surface area (Å²) in [5.74, 6) is 1.82. The van der Waals surface area contributed by atoms with Gasteiger partial charge in [0.05, 0.1) is 6.04 Å². The largest absolute Gasteiger partial charge is 0.319 e. The Morgan fingerprint density at radius 1 is 1.30 bits per heavy atom. The second-order valence-corrected chi connectivity index (χ2v) is 6.45. The van der Waals surface area contributed by atoms with E-state index in [2.05, 4.69) is 27.8 Å². The van der Waals surface area contributed by atoms with Crippen molar-refractivity contribution < 1.29 is 0 Å². The van der Waals surface area contributed by atoms with Crippen molar-refractivity contribution in [3.8, 4) is 0 Å². The molecule has 1 aromatic rings. The van der Waals surface area contributed by atoms with Crippen LogP contribution in [0.3, 0.4) is 0 Å². The molecule has 4 atom stereocenters. The summed E-state index contributed by atoms with van der Waals surface area (Å²) in [7, 11) is 2.02. The molecule has 20 heavy (non-hydrogen) atoms. The molecule has 5 nitrogen and oxygen atoms in total. The standard InChI is InChI=1S/C15H27N5/c1-11(15-19-17-10-20(15)2)18-14-8-5-6-12(14)13-7-3-4-9-16-13/h10-14,16,18H,3-9H2,1-2H3. The molecule has 1 saturated carbocycles. The quantitative estimate of drug-likeness (QED) is 0.881. The Balaban J connectivity index is 1.62. The summed E-state index contributed by atoms with van der Waals surface area (Å²) in [6.07, 6.45) is 9.87. The van der Waals surface area contributed by atoms with Gasteiger partial charge in [-0.25, -0.2) is 0 Å². The van der Waals surface area contributed by atoms with Crippen LogP contribution in [-0.2, 0) is 7.05 Å². The zero-order valence-electron chi connectivity index (χ0n) is 12.7. The minimum atomic E-state index is 0.275. The average molecular weight is 277 g/mol. The van der Waals surface area contributed by atoms with Gasteiger partial charge in [0.25, 0.3) is 0 Å². The van der Waals surface area contributed by atoms with Gasteiger partial charge < -0.3 is 15.2 Å². The van der Waals surface area contributed by atoms with Crippen LogP contribution >= 0.6 is 0 Å². The van der Waals surface area contributed by atoms with E-state index < -0.39 is 0 Å². The van der Waals surface area contributed by atoms with Gasteiger partial charge >= 0.3 is 0 Å². The van der Waals surface area contributed by atoms with Crippen molar-refractivity contribution in [3.05, 3.63) is 12.2 Å². The van der Waals surface area contributed by atoms with Crippen molar-refractivity contribution in [2.24, 2.45) is 13.0 Å². The average Bonchev–Trinajstić information content (AvgIpc) is 3.08. The van der Waals surface area contributed by atoms with Crippen LogP contribution < -0.4 is 10.6 Å². The molecule has 1 aliphatic heterocycles. The van der Waals surface area contributed by atoms with E-state index in [9.17, 15) is 0 Å². The van der Waals surface area contributed by atoms with Crippen LogP contribution in [0.5, 0.6) is 0 Å². The highest BCUT2D eigenvalue weighted by Gasteiger charge is 2.35. The molecule has 4 unspecified atom stereocenters. The Labute approximate surface area is 121 Å². The van der Waals surface area contributed by atoms with Gasteiger partial charge in [-0.2, -0.15) is 0 Å². The molecular weight excluding hydrogens is 250 g/mol. The number of aryl methyl sites for hydroxylation is 1. The predicted octanol–water partition coefficient (Wildman–Crippen LogP) is 1.78. The lowest BCUT2D eigenvalue weighted by atomic mass is 9.88. The minimum absolute atomic E-state index is 0.275. The summed E-state index contributed by atoms with van der Waals surface area (Å²) in [5, 5.41) is 15.8. The van der Waals surface area contributed by atoms with Gasteiger partial charge in [-0.05, 0) is 45.1 Å². The van der Waals surface area contributed by atoms with Crippen molar-refractivity contribution in [2.45, 2.75) is 63.6 Å². The number of hydrogen-bond acceptors (Lipinski definition) is 4. The van der Waals surface area contributed by atoms with Crippen molar-refractivity contribution in [2.75, 3.05) is 6.54 Å². The van der Waals surface area contributed by atoms with Gasteiger partial charge in [-0.1, -0.05) is 12.8 Å². The minimum Gasteiger partial charge on any atom is -0.319 e. The maximum atomic E-state index is 4.23. The Hall–Kier alpha value is -0.940. The topological polar surface area (TPSA) is 54.8 Å². The summed E-state index contributed by atoms with van der Waals surface area (Å²) in [6, 6.07) is 1.62. The molecule has 3 rings (SSSR count). The molecule has 0 aromatic carbocycles. The molecule has 2 fully saturated rings. The molecule has 1 aliphatic carbocycles. The maximum absolute atomic E-state index is 4.23. The van der Waals surface area contributed by atoms with Crippen LogP contribution in [-0.4, -0.2) is 33.4 Å². The molecule has 1 saturated heterocycles. The third-order valence-corrected chi connectivity index (χ3v) is 5.03. The zero-order valence-corrected chi connectivity index (χ0v) is 12.7. The summed E-state index contributed by atoms with van der Waals surface area (Å²) in [5.41, 5.74) is 0. The molecule has 112 valence electrons. The Morgan fingerprint density at radius 3 is 2.90 bits per heavy atom. The zero-order chi connectivity index (χ0) is 13.9. The molecule has 2 N–H and O–H groups in total. The van der Waals surface area contributed by atoms with Crippen LogP contribution in [0.1, 0.15) is 57.3 Å². The number of rotatable bonds is 4. The molecule has 0 radical (unpaired) electrons. The Bertz CT molecular complexity index is 424. The smallest absolute Gasteiger partial charge is 0.149 e. The summed E-state index contributed by atoms with van der Waals surface area (Å²) < 4.78 is 2.01. The maximum Gasteiger partial charge on any atom is 0.149 e. The number of nitrogens with zero attached hydrogens (tertiary/aromatic N) is 3. The van der Waals surface area contributed by atoms with Crippen LogP contribution in [0.4, 0.5) is 0 Å². The molecule has 5 heteroatoms. The van der Waals surface area contributed by atoms with Crippen molar-refractivity contribution in [1.82, 2.24) is 25.4 Å². The van der Waals surface area contributed by atoms with Gasteiger partial charge in [0.15, 0.2) is 0 Å². The summed E-state index contributed by atoms with van der Waals surface area (Å²) >= 11 is 0. The Kier molecular flexibility index (Phi) is 4.36. The van der Waals surface area contributed by atoms with E-state index >= 15 is 0 Å². The summed E-state index contributed by atoms with van der Waals surface area (Å²) in [6.45, 7) is 3.40. The first-order valence-electron chi connectivity index (χ1n) is 8.09. The molecule has 0 spiro atoms. The fourth-order valence-electron chi connectivity index (χ4n) is 4.00. The van der Waals surface area contributed by atoms with Gasteiger partial charge in [0.1, 0.15) is 12.2 Å². The molecule has 0 bridgehead atoms.